The van der Waals surface area contributed by atoms with Crippen LogP contribution < -0.4 is 16.2 Å². The van der Waals surface area contributed by atoms with Crippen molar-refractivity contribution in [2.24, 2.45) is 5.73 Å². The van der Waals surface area contributed by atoms with Gasteiger partial charge in [-0.3, -0.25) is 10.2 Å². The van der Waals surface area contributed by atoms with Gasteiger partial charge in [-0.1, -0.05) is 11.6 Å². The molecule has 24 heavy (non-hydrogen) atoms. The van der Waals surface area contributed by atoms with Crippen molar-refractivity contribution < 1.29 is 9.72 Å². The maximum Gasteiger partial charge on any atom is 0.390 e. The highest BCUT2D eigenvalue weighted by molar-refractivity contribution is 7.80. The summed E-state index contributed by atoms with van der Waals surface area (Å²) in [7, 11) is 0. The summed E-state index contributed by atoms with van der Waals surface area (Å²) in [5.74, 6) is -0.831. The molecule has 3 N–H and O–H groups in total. The number of benzene rings is 1. The Balaban J connectivity index is 2.12. The molecule has 1 aromatic carbocycles. The molecule has 2 rings (SSSR count). The number of nitrogens with two attached hydrogens (primary N) is 1. The average Bonchev–Trinajstić information content (AvgIpc) is 2.87. The van der Waals surface area contributed by atoms with E-state index in [-0.39, 0.29) is 17.5 Å². The van der Waals surface area contributed by atoms with Crippen LogP contribution in [0.4, 0.5) is 11.5 Å². The maximum atomic E-state index is 12.2. The first-order valence-electron chi connectivity index (χ1n) is 6.61. The van der Waals surface area contributed by atoms with Crippen LogP contribution in [0.15, 0.2) is 30.3 Å². The summed E-state index contributed by atoms with van der Waals surface area (Å²) < 4.78 is 1.22. The first-order chi connectivity index (χ1) is 11.3. The average molecular weight is 369 g/mol. The first-order valence-corrected chi connectivity index (χ1v) is 7.40. The number of nitrogens with one attached hydrogen (secondary N) is 1. The van der Waals surface area contributed by atoms with E-state index in [1.807, 2.05) is 0 Å². The predicted octanol–water partition coefficient (Wildman–Crippen LogP) is 1.53. The van der Waals surface area contributed by atoms with Gasteiger partial charge in [0.2, 0.25) is 0 Å². The fourth-order valence-corrected chi connectivity index (χ4v) is 2.15. The van der Waals surface area contributed by atoms with E-state index < -0.39 is 10.8 Å². The molecule has 2 aromatic rings. The molecule has 0 saturated carbocycles. The highest BCUT2D eigenvalue weighted by Crippen LogP contribution is 2.17. The van der Waals surface area contributed by atoms with Crippen LogP contribution in [-0.2, 0) is 11.3 Å². The molecule has 0 aliphatic carbocycles. The monoisotopic (exact) mass is 368 g/mol. The van der Waals surface area contributed by atoms with Gasteiger partial charge in [0.1, 0.15) is 6.54 Å². The molecule has 126 valence electrons. The van der Waals surface area contributed by atoms with E-state index >= 15 is 0 Å². The SMILES string of the molecule is Cc1cc([N+](=O)[O-])nn1CC(=O)NN(C(N)=S)c1ccc(Cl)cc1. The number of carbonyl (C=O) groups is 1. The Bertz CT molecular complexity index is 792. The number of amides is 1. The fourth-order valence-electron chi connectivity index (χ4n) is 1.88. The first kappa shape index (κ1) is 17.6. The van der Waals surface area contributed by atoms with Gasteiger partial charge in [-0.05, 0) is 48.3 Å². The number of hydrogen-bond acceptors (Lipinski definition) is 5. The Morgan fingerprint density at radius 1 is 1.50 bits per heavy atom. The summed E-state index contributed by atoms with van der Waals surface area (Å²) in [4.78, 5) is 22.3. The third-order valence-corrected chi connectivity index (χ3v) is 3.42. The Morgan fingerprint density at radius 2 is 2.12 bits per heavy atom. The fraction of sp³-hybridized carbons (Fsp3) is 0.154. The lowest BCUT2D eigenvalue weighted by atomic mass is 10.3. The predicted molar refractivity (Wildman–Crippen MR) is 92.5 cm³/mol. The van der Waals surface area contributed by atoms with Crippen LogP contribution in [0.1, 0.15) is 5.69 Å². The van der Waals surface area contributed by atoms with Gasteiger partial charge in [0.25, 0.3) is 5.91 Å². The molecule has 1 heterocycles. The van der Waals surface area contributed by atoms with Crippen molar-refractivity contribution in [3.63, 3.8) is 0 Å². The molecule has 0 aliphatic heterocycles. The van der Waals surface area contributed by atoms with Gasteiger partial charge >= 0.3 is 5.82 Å². The minimum atomic E-state index is -0.629. The number of nitro groups is 1. The largest absolute Gasteiger partial charge is 0.390 e. The van der Waals surface area contributed by atoms with E-state index in [4.69, 9.17) is 29.6 Å². The minimum absolute atomic E-state index is 0.0751. The highest BCUT2D eigenvalue weighted by atomic mass is 35.5. The van der Waals surface area contributed by atoms with Gasteiger partial charge in [-0.25, -0.2) is 5.01 Å². The summed E-state index contributed by atoms with van der Waals surface area (Å²) in [6.07, 6.45) is 0. The quantitative estimate of drug-likeness (QED) is 0.477. The van der Waals surface area contributed by atoms with E-state index in [0.29, 0.717) is 16.4 Å². The molecule has 1 aromatic heterocycles. The van der Waals surface area contributed by atoms with Gasteiger partial charge in [-0.15, -0.1) is 0 Å². The maximum absolute atomic E-state index is 12.2. The number of thiocarbonyl (C=S) groups is 1. The molecule has 0 saturated heterocycles. The molecule has 0 radical (unpaired) electrons. The van der Waals surface area contributed by atoms with Crippen molar-refractivity contribution in [1.82, 2.24) is 15.2 Å². The molecular weight excluding hydrogens is 356 g/mol. The van der Waals surface area contributed by atoms with E-state index in [1.165, 1.54) is 15.8 Å². The number of hydrogen-bond donors (Lipinski definition) is 2. The Labute approximate surface area is 147 Å². The number of nitrogens with zero attached hydrogens (tertiary/aromatic N) is 4. The number of hydrazine groups is 1. The summed E-state index contributed by atoms with van der Waals surface area (Å²) in [6, 6.07) is 7.78. The Kier molecular flexibility index (Phi) is 5.31. The van der Waals surface area contributed by atoms with Crippen LogP contribution in [0.25, 0.3) is 0 Å². The zero-order valence-corrected chi connectivity index (χ0v) is 14.0. The van der Waals surface area contributed by atoms with E-state index in [9.17, 15) is 14.9 Å². The Morgan fingerprint density at radius 3 is 2.62 bits per heavy atom. The minimum Gasteiger partial charge on any atom is -0.374 e. The standard InChI is InChI=1S/C13H13ClN6O3S/c1-8-6-11(20(22)23)16-18(8)7-12(21)17-19(13(15)24)10-4-2-9(14)3-5-10/h2-6H,7H2,1H3,(H2,15,24)(H,17,21). The summed E-state index contributed by atoms with van der Waals surface area (Å²) in [5, 5.41) is 16.1. The zero-order chi connectivity index (χ0) is 17.9. The van der Waals surface area contributed by atoms with E-state index in [1.54, 1.807) is 31.2 Å². The normalized spacial score (nSPS) is 10.2. The van der Waals surface area contributed by atoms with Crippen LogP contribution in [0.2, 0.25) is 5.02 Å². The second-order valence-corrected chi connectivity index (χ2v) is 5.60. The van der Waals surface area contributed by atoms with Gasteiger partial charge in [0.15, 0.2) is 5.11 Å². The number of aryl methyl sites for hydroxylation is 1. The lowest BCUT2D eigenvalue weighted by Gasteiger charge is -2.23. The van der Waals surface area contributed by atoms with E-state index in [0.717, 1.165) is 0 Å². The lowest BCUT2D eigenvalue weighted by molar-refractivity contribution is -0.389. The van der Waals surface area contributed by atoms with Gasteiger partial charge in [0, 0.05) is 5.02 Å². The number of aromatic nitrogens is 2. The van der Waals surface area contributed by atoms with Crippen molar-refractivity contribution in [1.29, 1.82) is 0 Å². The van der Waals surface area contributed by atoms with Gasteiger partial charge < -0.3 is 15.8 Å². The zero-order valence-electron chi connectivity index (χ0n) is 12.5. The smallest absolute Gasteiger partial charge is 0.374 e. The number of halogens is 1. The summed E-state index contributed by atoms with van der Waals surface area (Å²) in [6.45, 7) is 1.38. The van der Waals surface area contributed by atoms with Crippen LogP contribution in [-0.4, -0.2) is 25.7 Å². The number of carbonyl (C=O) groups excluding carboxylic acids is 1. The second kappa shape index (κ2) is 7.23. The molecule has 9 nitrogen and oxygen atoms in total. The van der Waals surface area contributed by atoms with E-state index in [2.05, 4.69) is 10.5 Å². The lowest BCUT2D eigenvalue weighted by Crippen LogP contribution is -2.50. The highest BCUT2D eigenvalue weighted by Gasteiger charge is 2.19. The number of anilines is 1. The summed E-state index contributed by atoms with van der Waals surface area (Å²) in [5.41, 5.74) is 9.14. The molecule has 11 heteroatoms. The third-order valence-electron chi connectivity index (χ3n) is 2.99. The molecule has 0 aliphatic rings. The van der Waals surface area contributed by atoms with Crippen molar-refractivity contribution in [3.8, 4) is 0 Å². The van der Waals surface area contributed by atoms with Gasteiger partial charge in [0.05, 0.1) is 22.5 Å². The molecular formula is C13H13ClN6O3S. The van der Waals surface area contributed by atoms with Crippen molar-refractivity contribution in [3.05, 3.63) is 51.2 Å². The Hall–Kier alpha value is -2.72. The third kappa shape index (κ3) is 4.18. The van der Waals surface area contributed by atoms with Crippen molar-refractivity contribution in [2.45, 2.75) is 13.5 Å². The van der Waals surface area contributed by atoms with Crippen LogP contribution in [0.3, 0.4) is 0 Å². The molecule has 0 bridgehead atoms. The van der Waals surface area contributed by atoms with Crippen molar-refractivity contribution in [2.75, 3.05) is 5.01 Å². The van der Waals surface area contributed by atoms with Crippen LogP contribution in [0.5, 0.6) is 0 Å². The topological polar surface area (TPSA) is 119 Å². The van der Waals surface area contributed by atoms with Crippen molar-refractivity contribution >= 4 is 46.3 Å². The molecule has 1 amide bonds. The molecule has 0 spiro atoms. The molecule has 0 unspecified atom stereocenters. The second-order valence-electron chi connectivity index (χ2n) is 4.74. The summed E-state index contributed by atoms with van der Waals surface area (Å²) >= 11 is 10.7. The number of rotatable bonds is 4. The molecule has 0 atom stereocenters. The van der Waals surface area contributed by atoms with Crippen LogP contribution in [0, 0.1) is 17.0 Å². The van der Waals surface area contributed by atoms with Crippen LogP contribution >= 0.6 is 23.8 Å². The van der Waals surface area contributed by atoms with Gasteiger partial charge in [-0.2, -0.15) is 4.68 Å². The molecule has 0 fully saturated rings.